The highest BCUT2D eigenvalue weighted by atomic mass is 127. The summed E-state index contributed by atoms with van der Waals surface area (Å²) < 4.78 is 40.7. The Hall–Kier alpha value is -2.37. The number of anilines is 1. The number of halogens is 4. The van der Waals surface area contributed by atoms with Crippen molar-refractivity contribution in [3.05, 3.63) is 53.7 Å². The Morgan fingerprint density at radius 1 is 1.27 bits per heavy atom. The third-order valence-electron chi connectivity index (χ3n) is 4.44. The van der Waals surface area contributed by atoms with Crippen molar-refractivity contribution < 1.29 is 27.5 Å². The largest absolute Gasteiger partial charge is 0.445 e. The van der Waals surface area contributed by atoms with E-state index in [0.29, 0.717) is 11.1 Å². The zero-order valence-electron chi connectivity index (χ0n) is 15.9. The van der Waals surface area contributed by atoms with E-state index in [1.807, 2.05) is 0 Å². The van der Waals surface area contributed by atoms with Crippen LogP contribution in [0.25, 0.3) is 0 Å². The van der Waals surface area contributed by atoms with E-state index >= 15 is 0 Å². The lowest BCUT2D eigenvalue weighted by Crippen LogP contribution is -2.31. The first-order valence-electron chi connectivity index (χ1n) is 9.18. The van der Waals surface area contributed by atoms with Gasteiger partial charge in [0.2, 0.25) is 5.91 Å². The Kier molecular flexibility index (Phi) is 6.84. The second kappa shape index (κ2) is 9.19. The minimum absolute atomic E-state index is 0.00877. The molecule has 160 valence electrons. The van der Waals surface area contributed by atoms with Crippen LogP contribution in [0.3, 0.4) is 0 Å². The fourth-order valence-corrected chi connectivity index (χ4v) is 2.88. The van der Waals surface area contributed by atoms with Crippen LogP contribution in [-0.2, 0) is 4.79 Å². The van der Waals surface area contributed by atoms with Gasteiger partial charge in [-0.3, -0.25) is 9.59 Å². The summed E-state index contributed by atoms with van der Waals surface area (Å²) in [5, 5.41) is 5.44. The number of aromatic nitrogens is 1. The summed E-state index contributed by atoms with van der Waals surface area (Å²) in [6.45, 7) is 1.69. The van der Waals surface area contributed by atoms with Gasteiger partial charge in [-0.05, 0) is 49.6 Å². The quantitative estimate of drug-likeness (QED) is 0.384. The van der Waals surface area contributed by atoms with Gasteiger partial charge in [0.15, 0.2) is 0 Å². The molecular weight excluding hydrogens is 514 g/mol. The zero-order chi connectivity index (χ0) is 21.9. The zero-order valence-corrected chi connectivity index (χ0v) is 18.0. The van der Waals surface area contributed by atoms with Crippen molar-refractivity contribution in [1.82, 2.24) is 10.3 Å². The lowest BCUT2D eigenvalue weighted by molar-refractivity contribution is -0.117. The molecule has 2 amide bonds. The van der Waals surface area contributed by atoms with E-state index < -0.39 is 22.2 Å². The molecular formula is C20H19F3IN3O3. The van der Waals surface area contributed by atoms with Gasteiger partial charge in [0.1, 0.15) is 11.6 Å². The Labute approximate surface area is 184 Å². The van der Waals surface area contributed by atoms with Crippen molar-refractivity contribution in [2.24, 2.45) is 5.92 Å². The number of amides is 2. The van der Waals surface area contributed by atoms with Gasteiger partial charge in [-0.15, -0.1) is 0 Å². The van der Waals surface area contributed by atoms with Crippen molar-refractivity contribution in [2.45, 2.75) is 36.1 Å². The highest BCUT2D eigenvalue weighted by molar-refractivity contribution is 14.1. The molecule has 30 heavy (non-hydrogen) atoms. The Morgan fingerprint density at radius 2 is 2.00 bits per heavy atom. The highest BCUT2D eigenvalue weighted by Gasteiger charge is 2.40. The molecule has 1 aromatic carbocycles. The van der Waals surface area contributed by atoms with Crippen LogP contribution >= 0.6 is 22.6 Å². The van der Waals surface area contributed by atoms with Gasteiger partial charge < -0.3 is 15.4 Å². The van der Waals surface area contributed by atoms with Crippen LogP contribution < -0.4 is 15.4 Å². The molecule has 0 aliphatic heterocycles. The number of nitrogens with one attached hydrogen (secondary N) is 2. The molecule has 0 radical (unpaired) electrons. The molecule has 2 atom stereocenters. The number of carbonyl (C=O) groups is 2. The first kappa shape index (κ1) is 22.3. The van der Waals surface area contributed by atoms with Crippen LogP contribution in [0.5, 0.6) is 5.75 Å². The summed E-state index contributed by atoms with van der Waals surface area (Å²) in [6.07, 6.45) is -0.197. The molecule has 2 unspecified atom stereocenters. The number of hydrogen-bond acceptors (Lipinski definition) is 4. The molecule has 0 saturated heterocycles. The first-order valence-corrected chi connectivity index (χ1v) is 10.3. The minimum atomic E-state index is -3.32. The number of rotatable bonds is 8. The maximum Gasteiger partial charge on any atom is 0.359 e. The smallest absolute Gasteiger partial charge is 0.359 e. The molecule has 1 aliphatic rings. The van der Waals surface area contributed by atoms with Gasteiger partial charge in [0.05, 0.1) is 6.04 Å². The topological polar surface area (TPSA) is 80.3 Å². The average molecular weight is 533 g/mol. The van der Waals surface area contributed by atoms with E-state index in [2.05, 4.69) is 15.6 Å². The van der Waals surface area contributed by atoms with E-state index in [-0.39, 0.29) is 23.4 Å². The van der Waals surface area contributed by atoms with E-state index in [4.69, 9.17) is 4.74 Å². The highest BCUT2D eigenvalue weighted by Crippen LogP contribution is 2.33. The molecule has 1 heterocycles. The molecule has 3 rings (SSSR count). The van der Waals surface area contributed by atoms with Crippen molar-refractivity contribution >= 4 is 40.2 Å². The second-order valence-corrected chi connectivity index (χ2v) is 8.40. The third-order valence-corrected chi connectivity index (χ3v) is 5.13. The van der Waals surface area contributed by atoms with Gasteiger partial charge >= 0.3 is 10.3 Å². The van der Waals surface area contributed by atoms with Crippen molar-refractivity contribution in [3.63, 3.8) is 0 Å². The lowest BCUT2D eigenvalue weighted by Gasteiger charge is -2.21. The van der Waals surface area contributed by atoms with E-state index in [1.165, 1.54) is 36.5 Å². The standard InChI is InChI=1S/C20H19F3IN3O3/c1-11(13-3-2-4-15(9-13)30-20(23,24)19(21)22)26-18(29)14-7-8-25-16(10-14)27-17(28)12-5-6-12/h2-4,7-12,19H,5-6H2,1H3,(H,26,29)(H,25,27,28). The number of alkyl halides is 4. The average Bonchev–Trinajstić information content (AvgIpc) is 3.53. The number of benzene rings is 1. The van der Waals surface area contributed by atoms with Crippen LogP contribution in [0.2, 0.25) is 0 Å². The summed E-state index contributed by atoms with van der Waals surface area (Å²) in [4.78, 5) is 28.5. The molecule has 1 saturated carbocycles. The van der Waals surface area contributed by atoms with Crippen LogP contribution in [-0.4, -0.2) is 27.1 Å². The number of pyridine rings is 1. The molecule has 10 heteroatoms. The van der Waals surface area contributed by atoms with Crippen molar-refractivity contribution in [3.8, 4) is 5.75 Å². The van der Waals surface area contributed by atoms with Gasteiger partial charge in [-0.2, -0.15) is 4.39 Å². The fourth-order valence-electron chi connectivity index (χ4n) is 2.63. The van der Waals surface area contributed by atoms with Gasteiger partial charge in [-0.25, -0.2) is 13.8 Å². The molecule has 1 aromatic heterocycles. The maximum absolute atomic E-state index is 13.8. The summed E-state index contributed by atoms with van der Waals surface area (Å²) >= 11 is 0.900. The van der Waals surface area contributed by atoms with E-state index in [1.54, 1.807) is 13.0 Å². The lowest BCUT2D eigenvalue weighted by atomic mass is 10.1. The van der Waals surface area contributed by atoms with Crippen LogP contribution in [0.1, 0.15) is 41.7 Å². The van der Waals surface area contributed by atoms with Gasteiger partial charge in [0, 0.05) is 40.3 Å². The normalized spacial score (nSPS) is 16.5. The minimum Gasteiger partial charge on any atom is -0.445 e. The van der Waals surface area contributed by atoms with Crippen LogP contribution in [0, 0.1) is 5.92 Å². The monoisotopic (exact) mass is 533 g/mol. The molecule has 0 spiro atoms. The summed E-state index contributed by atoms with van der Waals surface area (Å²) in [5.74, 6) is -0.321. The Balaban J connectivity index is 1.65. The Bertz CT molecular complexity index is 938. The third kappa shape index (κ3) is 5.83. The second-order valence-electron chi connectivity index (χ2n) is 6.93. The molecule has 1 aliphatic carbocycles. The van der Waals surface area contributed by atoms with Crippen LogP contribution in [0.4, 0.5) is 19.0 Å². The molecule has 2 aromatic rings. The summed E-state index contributed by atoms with van der Waals surface area (Å²) in [6, 6.07) is 8.36. The number of hydrogen-bond donors (Lipinski definition) is 2. The molecule has 1 fully saturated rings. The predicted molar refractivity (Wildman–Crippen MR) is 112 cm³/mol. The predicted octanol–water partition coefficient (Wildman–Crippen LogP) is 4.62. The summed E-state index contributed by atoms with van der Waals surface area (Å²) in [5.41, 5.74) is 0.835. The van der Waals surface area contributed by atoms with E-state index in [9.17, 15) is 22.8 Å². The summed E-state index contributed by atoms with van der Waals surface area (Å²) in [7, 11) is 0. The number of ether oxygens (including phenoxy) is 1. The van der Waals surface area contributed by atoms with Gasteiger partial charge in [-0.1, -0.05) is 12.1 Å². The fraction of sp³-hybridized carbons (Fsp3) is 0.350. The Morgan fingerprint density at radius 3 is 2.67 bits per heavy atom. The number of carbonyl (C=O) groups excluding carboxylic acids is 2. The first-order chi connectivity index (χ1) is 14.2. The molecule has 6 nitrogen and oxygen atoms in total. The van der Waals surface area contributed by atoms with Crippen molar-refractivity contribution in [1.29, 1.82) is 0 Å². The molecule has 0 bridgehead atoms. The maximum atomic E-state index is 13.8. The molecule has 2 N–H and O–H groups in total. The van der Waals surface area contributed by atoms with Crippen molar-refractivity contribution in [2.75, 3.05) is 5.32 Å². The number of nitrogens with zero attached hydrogens (tertiary/aromatic N) is 1. The van der Waals surface area contributed by atoms with E-state index in [0.717, 1.165) is 35.4 Å². The SMILES string of the molecule is CC(NC(=O)c1ccnc(NC(=O)C2CC2)c1)c1cccc(OC(F)(I)C(F)F)c1. The van der Waals surface area contributed by atoms with Gasteiger partial charge in [0.25, 0.3) is 5.91 Å². The van der Waals surface area contributed by atoms with Crippen LogP contribution in [0.15, 0.2) is 42.6 Å².